The van der Waals surface area contributed by atoms with Gasteiger partial charge in [-0.05, 0) is 36.5 Å². The number of allylic oxidation sites excluding steroid dienone is 2. The molecule has 0 radical (unpaired) electrons. The molecule has 0 saturated heterocycles. The molecule has 4 heteroatoms. The summed E-state index contributed by atoms with van der Waals surface area (Å²) in [5.74, 6) is -0.254. The van der Waals surface area contributed by atoms with Gasteiger partial charge in [0.15, 0.2) is 0 Å². The molecule has 0 aromatic heterocycles. The molecule has 0 aromatic carbocycles. The van der Waals surface area contributed by atoms with Gasteiger partial charge in [-0.2, -0.15) is 0 Å². The fourth-order valence-corrected chi connectivity index (χ4v) is 3.55. The summed E-state index contributed by atoms with van der Waals surface area (Å²) in [4.78, 5) is 23.5. The van der Waals surface area contributed by atoms with Crippen LogP contribution in [0.3, 0.4) is 0 Å². The Morgan fingerprint density at radius 2 is 1.83 bits per heavy atom. The van der Waals surface area contributed by atoms with Crippen molar-refractivity contribution in [3.8, 4) is 0 Å². The third-order valence-corrected chi connectivity index (χ3v) is 4.86. The van der Waals surface area contributed by atoms with Gasteiger partial charge in [0.1, 0.15) is 0 Å². The van der Waals surface area contributed by atoms with Crippen molar-refractivity contribution in [2.24, 2.45) is 35.5 Å². The van der Waals surface area contributed by atoms with Crippen molar-refractivity contribution in [1.29, 1.82) is 0 Å². The van der Waals surface area contributed by atoms with Gasteiger partial charge in [-0.15, -0.1) is 0 Å². The van der Waals surface area contributed by atoms with E-state index in [2.05, 4.69) is 12.2 Å². The van der Waals surface area contributed by atoms with E-state index in [1.165, 1.54) is 6.42 Å². The molecule has 3 aliphatic rings. The average Bonchev–Trinajstić information content (AvgIpc) is 2.79. The molecule has 0 heterocycles. The fourth-order valence-electron chi connectivity index (χ4n) is 3.55. The molecule has 0 spiro atoms. The van der Waals surface area contributed by atoms with Crippen LogP contribution in [0.15, 0.2) is 12.2 Å². The molecule has 98 valence electrons. The van der Waals surface area contributed by atoms with Gasteiger partial charge < -0.3 is 10.4 Å². The Morgan fingerprint density at radius 1 is 1.22 bits per heavy atom. The Morgan fingerprint density at radius 3 is 2.39 bits per heavy atom. The van der Waals surface area contributed by atoms with Crippen molar-refractivity contribution in [2.45, 2.75) is 19.8 Å². The Hall–Kier alpha value is -1.32. The molecule has 6 atom stereocenters. The molecule has 1 amide bonds. The minimum atomic E-state index is -0.827. The largest absolute Gasteiger partial charge is 0.481 e. The van der Waals surface area contributed by atoms with Gasteiger partial charge in [0.2, 0.25) is 5.91 Å². The van der Waals surface area contributed by atoms with Crippen molar-refractivity contribution in [3.63, 3.8) is 0 Å². The second-order valence-electron chi connectivity index (χ2n) is 6.06. The second kappa shape index (κ2) is 4.11. The number of carbonyl (C=O) groups excluding carboxylic acids is 1. The first-order valence-corrected chi connectivity index (χ1v) is 6.76. The van der Waals surface area contributed by atoms with Gasteiger partial charge >= 0.3 is 5.97 Å². The van der Waals surface area contributed by atoms with Gasteiger partial charge in [-0.25, -0.2) is 0 Å². The van der Waals surface area contributed by atoms with Crippen LogP contribution in [-0.2, 0) is 9.59 Å². The Bertz CT molecular complexity index is 417. The van der Waals surface area contributed by atoms with Crippen molar-refractivity contribution >= 4 is 11.9 Å². The highest BCUT2D eigenvalue weighted by Gasteiger charge is 2.51. The van der Waals surface area contributed by atoms with Crippen LogP contribution in [0.25, 0.3) is 0 Å². The maximum Gasteiger partial charge on any atom is 0.307 e. The SMILES string of the molecule is CC1CC1CNC(=O)[C@H]1C2C=CC(C2)[C@H]1C(=O)O. The summed E-state index contributed by atoms with van der Waals surface area (Å²) in [7, 11) is 0. The number of hydrogen-bond donors (Lipinski definition) is 2. The van der Waals surface area contributed by atoms with Crippen LogP contribution in [0.1, 0.15) is 19.8 Å². The summed E-state index contributed by atoms with van der Waals surface area (Å²) in [6, 6.07) is 0. The Balaban J connectivity index is 1.64. The standard InChI is InChI=1S/C14H19NO3/c1-7-4-10(7)6-15-13(16)11-8-2-3-9(5-8)12(11)14(17)18/h2-3,7-12H,4-6H2,1H3,(H,15,16)(H,17,18)/t7?,8?,9?,10?,11-,12+/m0/s1. The first-order chi connectivity index (χ1) is 8.58. The zero-order chi connectivity index (χ0) is 12.9. The van der Waals surface area contributed by atoms with E-state index in [0.717, 1.165) is 6.42 Å². The second-order valence-corrected chi connectivity index (χ2v) is 6.06. The maximum atomic E-state index is 12.2. The van der Waals surface area contributed by atoms with Crippen LogP contribution in [0.5, 0.6) is 0 Å². The zero-order valence-corrected chi connectivity index (χ0v) is 10.5. The molecular weight excluding hydrogens is 230 g/mol. The van der Waals surface area contributed by atoms with Gasteiger partial charge in [-0.3, -0.25) is 9.59 Å². The molecule has 2 saturated carbocycles. The molecule has 4 nitrogen and oxygen atoms in total. The van der Waals surface area contributed by atoms with Crippen LogP contribution in [-0.4, -0.2) is 23.5 Å². The van der Waals surface area contributed by atoms with Crippen LogP contribution in [0, 0.1) is 35.5 Å². The molecule has 0 aromatic rings. The number of carboxylic acid groups (broad SMARTS) is 1. The summed E-state index contributed by atoms with van der Waals surface area (Å²) >= 11 is 0. The lowest BCUT2D eigenvalue weighted by molar-refractivity contribution is -0.147. The molecule has 2 fully saturated rings. The third-order valence-electron chi connectivity index (χ3n) is 4.86. The summed E-state index contributed by atoms with van der Waals surface area (Å²) in [6.45, 7) is 2.89. The van der Waals surface area contributed by atoms with Crippen LogP contribution in [0.2, 0.25) is 0 Å². The van der Waals surface area contributed by atoms with E-state index < -0.39 is 11.9 Å². The summed E-state index contributed by atoms with van der Waals surface area (Å²) in [6.07, 6.45) is 6.00. The number of rotatable bonds is 4. The molecule has 0 aliphatic heterocycles. The van der Waals surface area contributed by atoms with E-state index in [1.807, 2.05) is 12.2 Å². The van der Waals surface area contributed by atoms with E-state index in [9.17, 15) is 14.7 Å². The molecule has 2 N–H and O–H groups in total. The molecule has 18 heavy (non-hydrogen) atoms. The highest BCUT2D eigenvalue weighted by Crippen LogP contribution is 2.48. The quantitative estimate of drug-likeness (QED) is 0.738. The minimum absolute atomic E-state index is 0.0571. The van der Waals surface area contributed by atoms with Crippen LogP contribution < -0.4 is 5.32 Å². The monoisotopic (exact) mass is 249 g/mol. The average molecular weight is 249 g/mol. The number of aliphatic carboxylic acids is 1. The predicted octanol–water partition coefficient (Wildman–Crippen LogP) is 1.28. The minimum Gasteiger partial charge on any atom is -0.481 e. The highest BCUT2D eigenvalue weighted by molar-refractivity contribution is 5.86. The summed E-state index contributed by atoms with van der Waals surface area (Å²) in [5, 5.41) is 12.2. The van der Waals surface area contributed by atoms with Crippen molar-refractivity contribution in [3.05, 3.63) is 12.2 Å². The molecular formula is C14H19NO3. The summed E-state index contributed by atoms with van der Waals surface area (Å²) < 4.78 is 0. The van der Waals surface area contributed by atoms with E-state index in [4.69, 9.17) is 0 Å². The third kappa shape index (κ3) is 1.84. The van der Waals surface area contributed by atoms with Crippen LogP contribution in [0.4, 0.5) is 0 Å². The van der Waals surface area contributed by atoms with E-state index in [1.54, 1.807) is 0 Å². The smallest absolute Gasteiger partial charge is 0.307 e. The van der Waals surface area contributed by atoms with Gasteiger partial charge in [0, 0.05) is 6.54 Å². The highest BCUT2D eigenvalue weighted by atomic mass is 16.4. The lowest BCUT2D eigenvalue weighted by Gasteiger charge is -2.23. The lowest BCUT2D eigenvalue weighted by Crippen LogP contribution is -2.40. The van der Waals surface area contributed by atoms with Crippen molar-refractivity contribution in [1.82, 2.24) is 5.32 Å². The van der Waals surface area contributed by atoms with E-state index in [-0.39, 0.29) is 23.7 Å². The topological polar surface area (TPSA) is 66.4 Å². The van der Waals surface area contributed by atoms with Crippen molar-refractivity contribution < 1.29 is 14.7 Å². The molecule has 3 rings (SSSR count). The number of amides is 1. The number of carbonyl (C=O) groups is 2. The Kier molecular flexibility index (Phi) is 2.68. The van der Waals surface area contributed by atoms with E-state index >= 15 is 0 Å². The maximum absolute atomic E-state index is 12.2. The number of nitrogens with one attached hydrogen (secondary N) is 1. The normalized spacial score (nSPS) is 44.1. The first-order valence-electron chi connectivity index (χ1n) is 6.76. The molecule has 4 unspecified atom stereocenters. The van der Waals surface area contributed by atoms with Crippen molar-refractivity contribution in [2.75, 3.05) is 6.54 Å². The number of hydrogen-bond acceptors (Lipinski definition) is 2. The van der Waals surface area contributed by atoms with Crippen LogP contribution >= 0.6 is 0 Å². The Labute approximate surface area is 106 Å². The van der Waals surface area contributed by atoms with Gasteiger partial charge in [0.05, 0.1) is 11.8 Å². The molecule has 2 bridgehead atoms. The van der Waals surface area contributed by atoms with Gasteiger partial charge in [0.25, 0.3) is 0 Å². The first kappa shape index (κ1) is 11.8. The zero-order valence-electron chi connectivity index (χ0n) is 10.5. The lowest BCUT2D eigenvalue weighted by atomic mass is 9.82. The van der Waals surface area contributed by atoms with Gasteiger partial charge in [-0.1, -0.05) is 19.1 Å². The summed E-state index contributed by atoms with van der Waals surface area (Å²) in [5.41, 5.74) is 0. The fraction of sp³-hybridized carbons (Fsp3) is 0.714. The number of carboxylic acids is 1. The number of fused-ring (bicyclic) bond motifs is 2. The predicted molar refractivity (Wildman–Crippen MR) is 65.6 cm³/mol. The molecule has 3 aliphatic carbocycles. The van der Waals surface area contributed by atoms with E-state index in [0.29, 0.717) is 18.4 Å².